The smallest absolute Gasteiger partial charge is 0.243 e. The van der Waals surface area contributed by atoms with E-state index in [0.717, 1.165) is 19.0 Å². The highest BCUT2D eigenvalue weighted by atomic mass is 32.2. The first kappa shape index (κ1) is 27.2. The van der Waals surface area contributed by atoms with Gasteiger partial charge in [-0.1, -0.05) is 24.3 Å². The van der Waals surface area contributed by atoms with Crippen LogP contribution < -0.4 is 5.73 Å². The summed E-state index contributed by atoms with van der Waals surface area (Å²) in [7, 11) is -12.7. The third kappa shape index (κ3) is 3.76. The number of benzene rings is 4. The van der Waals surface area contributed by atoms with E-state index in [2.05, 4.69) is 0 Å². The average molecular weight is 623 g/mol. The lowest BCUT2D eigenvalue weighted by Crippen LogP contribution is -2.53. The van der Waals surface area contributed by atoms with E-state index in [-0.39, 0.29) is 81.2 Å². The predicted molar refractivity (Wildman–Crippen MR) is 149 cm³/mol. The molecule has 0 unspecified atom stereocenters. The molecule has 13 nitrogen and oxygen atoms in total. The molecule has 0 spiro atoms. The van der Waals surface area contributed by atoms with Crippen LogP contribution in [0.3, 0.4) is 0 Å². The molecule has 7 rings (SSSR count). The molecule has 3 aliphatic heterocycles. The van der Waals surface area contributed by atoms with Crippen LogP contribution in [-0.2, 0) is 30.1 Å². The maximum Gasteiger partial charge on any atom is 0.243 e. The lowest BCUT2D eigenvalue weighted by molar-refractivity contribution is 0.0546. The summed E-state index contributed by atoms with van der Waals surface area (Å²) in [6, 6.07) is 8.46. The topological polar surface area (TPSA) is 199 Å². The largest absolute Gasteiger partial charge is 0.398 e. The van der Waals surface area contributed by atoms with Gasteiger partial charge in [-0.3, -0.25) is 0 Å². The number of anilines is 1. The quantitative estimate of drug-likeness (QED) is 0.157. The van der Waals surface area contributed by atoms with Crippen molar-refractivity contribution in [2.75, 3.05) is 45.0 Å². The molecule has 0 atom stereocenters. The minimum Gasteiger partial charge on any atom is -0.398 e. The van der Waals surface area contributed by atoms with Crippen molar-refractivity contribution in [2.45, 2.75) is 33.0 Å². The summed E-state index contributed by atoms with van der Waals surface area (Å²) in [5, 5.41) is 30.8. The number of aliphatic hydroxyl groups excluding tert-OH is 3. The fourth-order valence-corrected chi connectivity index (χ4v) is 11.1. The van der Waals surface area contributed by atoms with Crippen LogP contribution in [0.25, 0.3) is 32.3 Å². The Bertz CT molecular complexity index is 2020. The van der Waals surface area contributed by atoms with Crippen molar-refractivity contribution in [2.24, 2.45) is 0 Å². The Morgan fingerprint density at radius 1 is 0.537 bits per heavy atom. The molecule has 3 heterocycles. The number of nitrogen functional groups attached to an aromatic ring is 1. The van der Waals surface area contributed by atoms with E-state index in [9.17, 15) is 40.6 Å². The van der Waals surface area contributed by atoms with Crippen LogP contribution in [-0.4, -0.2) is 111 Å². The van der Waals surface area contributed by atoms with Gasteiger partial charge in [0.15, 0.2) is 0 Å². The molecule has 3 saturated heterocycles. The van der Waals surface area contributed by atoms with Crippen molar-refractivity contribution < 1.29 is 40.6 Å². The van der Waals surface area contributed by atoms with Gasteiger partial charge in [0.05, 0.1) is 33.0 Å². The van der Waals surface area contributed by atoms with Gasteiger partial charge >= 0.3 is 0 Å². The summed E-state index contributed by atoms with van der Waals surface area (Å²) < 4.78 is 85.4. The Balaban J connectivity index is 1.58. The van der Waals surface area contributed by atoms with Gasteiger partial charge in [0, 0.05) is 77.3 Å². The summed E-state index contributed by atoms with van der Waals surface area (Å²) in [6.07, 6.45) is -2.48. The number of sulfonamides is 3. The Labute approximate surface area is 235 Å². The van der Waals surface area contributed by atoms with Gasteiger partial charge in [0.1, 0.15) is 0 Å². The molecule has 0 saturated carbocycles. The van der Waals surface area contributed by atoms with Crippen LogP contribution in [0, 0.1) is 0 Å². The third-order valence-electron chi connectivity index (χ3n) is 8.16. The number of hydrogen-bond donors (Lipinski definition) is 4. The van der Waals surface area contributed by atoms with Crippen LogP contribution in [0.2, 0.25) is 0 Å². The van der Waals surface area contributed by atoms with Gasteiger partial charge in [-0.15, -0.1) is 0 Å². The maximum absolute atomic E-state index is 13.8. The Morgan fingerprint density at radius 3 is 1.17 bits per heavy atom. The Kier molecular flexibility index (Phi) is 5.76. The molecule has 0 amide bonds. The number of β-amino-alcohol motifs (C(OH)–C–C–N with tert-alkyl or cyclic N) is 3. The second-order valence-electron chi connectivity index (χ2n) is 10.8. The van der Waals surface area contributed by atoms with Crippen LogP contribution in [0.1, 0.15) is 0 Å². The van der Waals surface area contributed by atoms with E-state index in [1.807, 2.05) is 0 Å². The SMILES string of the molecule is Nc1cc(S(=O)(=O)N2CC(O)C2)c2ccc3c(S(=O)(=O)N4CC(O)C4)cc(S(=O)(=O)N4CC(O)C4)c4ccc1c2c43. The molecule has 3 aliphatic rings. The Morgan fingerprint density at radius 2 is 0.829 bits per heavy atom. The van der Waals surface area contributed by atoms with Crippen molar-refractivity contribution in [3.8, 4) is 0 Å². The van der Waals surface area contributed by atoms with Gasteiger partial charge in [-0.25, -0.2) is 25.3 Å². The summed E-state index contributed by atoms with van der Waals surface area (Å²) in [6.45, 7) is -0.774. The molecule has 0 aliphatic carbocycles. The molecule has 41 heavy (non-hydrogen) atoms. The van der Waals surface area contributed by atoms with E-state index in [1.165, 1.54) is 24.3 Å². The number of nitrogens with zero attached hydrogens (tertiary/aromatic N) is 3. The highest BCUT2D eigenvalue weighted by Gasteiger charge is 2.42. The van der Waals surface area contributed by atoms with Crippen molar-refractivity contribution in [3.63, 3.8) is 0 Å². The maximum atomic E-state index is 13.8. The molecule has 4 aromatic carbocycles. The number of nitrogens with two attached hydrogens (primary N) is 1. The molecule has 5 N–H and O–H groups in total. The van der Waals surface area contributed by atoms with Gasteiger partial charge in [0.25, 0.3) is 0 Å². The molecule has 218 valence electrons. The molecular weight excluding hydrogens is 596 g/mol. The van der Waals surface area contributed by atoms with Gasteiger partial charge < -0.3 is 21.1 Å². The number of hydrogen-bond acceptors (Lipinski definition) is 10. The second-order valence-corrected chi connectivity index (χ2v) is 16.6. The number of aliphatic hydroxyl groups is 3. The predicted octanol–water partition coefficient (Wildman–Crippen LogP) is -0.738. The molecule has 4 aromatic rings. The summed E-state index contributed by atoms with van der Waals surface area (Å²) in [5.41, 5.74) is 6.44. The van der Waals surface area contributed by atoms with Gasteiger partial charge in [-0.05, 0) is 12.1 Å². The van der Waals surface area contributed by atoms with Crippen LogP contribution in [0.4, 0.5) is 5.69 Å². The molecule has 3 fully saturated rings. The van der Waals surface area contributed by atoms with Crippen LogP contribution in [0.5, 0.6) is 0 Å². The molecule has 0 aromatic heterocycles. The first-order valence-corrected chi connectivity index (χ1v) is 17.1. The second kappa shape index (κ2) is 8.68. The highest BCUT2D eigenvalue weighted by molar-refractivity contribution is 7.90. The summed E-state index contributed by atoms with van der Waals surface area (Å²) in [5.74, 6) is 0. The molecule has 16 heteroatoms. The van der Waals surface area contributed by atoms with Crippen molar-refractivity contribution in [3.05, 3.63) is 36.4 Å². The van der Waals surface area contributed by atoms with Crippen LogP contribution in [0.15, 0.2) is 51.1 Å². The molecule has 0 bridgehead atoms. The van der Waals surface area contributed by atoms with Gasteiger partial charge in [0.2, 0.25) is 30.1 Å². The summed E-state index contributed by atoms with van der Waals surface area (Å²) >= 11 is 0. The van der Waals surface area contributed by atoms with Crippen molar-refractivity contribution in [1.82, 2.24) is 12.9 Å². The normalized spacial score (nSPS) is 21.0. The fourth-order valence-electron chi connectivity index (χ4n) is 5.82. The zero-order valence-corrected chi connectivity index (χ0v) is 23.8. The van der Waals surface area contributed by atoms with Crippen LogP contribution >= 0.6 is 0 Å². The fraction of sp³-hybridized carbons (Fsp3) is 0.360. The third-order valence-corrected chi connectivity index (χ3v) is 13.8. The average Bonchev–Trinajstić information content (AvgIpc) is 2.86. The van der Waals surface area contributed by atoms with Crippen molar-refractivity contribution >= 4 is 68.1 Å². The standard InChI is InChI=1S/C25H26N4O9S3/c26-20-5-21(39(33,34)27-7-13(30)8-27)17-3-4-19-23(41(37,38)29-11-15(32)12-29)6-22(40(35,36)28-9-14(31)10-28)18-2-1-16(20)24(17)25(18)19/h1-6,13-15,30-32H,7-12,26H2. The van der Waals surface area contributed by atoms with E-state index >= 15 is 0 Å². The lowest BCUT2D eigenvalue weighted by atomic mass is 9.93. The highest BCUT2D eigenvalue weighted by Crippen LogP contribution is 2.46. The van der Waals surface area contributed by atoms with Crippen molar-refractivity contribution in [1.29, 1.82) is 0 Å². The minimum absolute atomic E-state index is 0.0849. The Hall–Kier alpha value is -2.67. The lowest BCUT2D eigenvalue weighted by Gasteiger charge is -2.36. The first-order valence-electron chi connectivity index (χ1n) is 12.8. The van der Waals surface area contributed by atoms with E-state index in [0.29, 0.717) is 10.8 Å². The van der Waals surface area contributed by atoms with E-state index < -0.39 is 48.4 Å². The zero-order valence-electron chi connectivity index (χ0n) is 21.4. The number of rotatable bonds is 6. The van der Waals surface area contributed by atoms with E-state index in [1.54, 1.807) is 6.07 Å². The van der Waals surface area contributed by atoms with Gasteiger partial charge in [-0.2, -0.15) is 12.9 Å². The first-order chi connectivity index (χ1) is 19.2. The minimum atomic E-state index is -4.28. The summed E-state index contributed by atoms with van der Waals surface area (Å²) in [4.78, 5) is -0.745. The monoisotopic (exact) mass is 622 g/mol. The zero-order chi connectivity index (χ0) is 29.2. The van der Waals surface area contributed by atoms with E-state index in [4.69, 9.17) is 5.73 Å². The molecule has 0 radical (unpaired) electrons. The molecular formula is C25H26N4O9S3.